The normalized spacial score (nSPS) is 10.6. The summed E-state index contributed by atoms with van der Waals surface area (Å²) in [5, 5.41) is 7.53. The Labute approximate surface area is 148 Å². The van der Waals surface area contributed by atoms with Gasteiger partial charge in [0.15, 0.2) is 0 Å². The number of carbonyl (C=O) groups is 2. The smallest absolute Gasteiger partial charge is 0.398 e. The average Bonchev–Trinajstić information content (AvgIpc) is 3.20. The van der Waals surface area contributed by atoms with E-state index < -0.39 is 11.9 Å². The van der Waals surface area contributed by atoms with Crippen molar-refractivity contribution in [1.82, 2.24) is 0 Å². The Morgan fingerprint density at radius 1 is 1.04 bits per heavy atom. The molecule has 1 amide bonds. The highest BCUT2D eigenvalue weighted by Gasteiger charge is 2.10. The predicted molar refractivity (Wildman–Crippen MR) is 93.9 cm³/mol. The molecule has 0 saturated heterocycles. The van der Waals surface area contributed by atoms with Gasteiger partial charge in [0.2, 0.25) is 5.76 Å². The predicted octanol–water partition coefficient (Wildman–Crippen LogP) is 3.97. The highest BCUT2D eigenvalue weighted by Crippen LogP contribution is 2.18. The molecule has 0 fully saturated rings. The van der Waals surface area contributed by atoms with Gasteiger partial charge in [-0.2, -0.15) is 0 Å². The van der Waals surface area contributed by atoms with Crippen molar-refractivity contribution in [2.24, 2.45) is 10.2 Å². The first-order valence-corrected chi connectivity index (χ1v) is 7.54. The summed E-state index contributed by atoms with van der Waals surface area (Å²) in [6.07, 6.45) is 1.38. The third-order valence-corrected chi connectivity index (χ3v) is 3.24. The van der Waals surface area contributed by atoms with E-state index in [0.29, 0.717) is 22.6 Å². The van der Waals surface area contributed by atoms with E-state index >= 15 is 0 Å². The minimum atomic E-state index is -0.647. The van der Waals surface area contributed by atoms with Gasteiger partial charge in [0, 0.05) is 11.3 Å². The van der Waals surface area contributed by atoms with Crippen molar-refractivity contribution in [2.45, 2.75) is 0 Å². The number of rotatable bonds is 5. The third-order valence-electron chi connectivity index (χ3n) is 3.24. The second-order valence-corrected chi connectivity index (χ2v) is 5.15. The molecule has 0 bridgehead atoms. The van der Waals surface area contributed by atoms with Gasteiger partial charge in [-0.05, 0) is 54.6 Å². The van der Waals surface area contributed by atoms with Crippen LogP contribution in [0.4, 0.5) is 17.1 Å². The van der Waals surface area contributed by atoms with Gasteiger partial charge in [-0.25, -0.2) is 10.3 Å². The number of hydrogen-bond acceptors (Lipinski definition) is 7. The van der Waals surface area contributed by atoms with Gasteiger partial charge in [-0.1, -0.05) is 6.07 Å². The maximum absolute atomic E-state index is 11.9. The topological polar surface area (TPSA) is 119 Å². The van der Waals surface area contributed by atoms with E-state index in [0.717, 1.165) is 0 Å². The highest BCUT2D eigenvalue weighted by molar-refractivity contribution is 5.95. The first-order chi connectivity index (χ1) is 12.6. The molecule has 0 unspecified atom stereocenters. The van der Waals surface area contributed by atoms with E-state index in [9.17, 15) is 9.59 Å². The van der Waals surface area contributed by atoms with Crippen LogP contribution in [0.2, 0.25) is 0 Å². The molecule has 0 radical (unpaired) electrons. The fourth-order valence-corrected chi connectivity index (χ4v) is 1.98. The maximum atomic E-state index is 11.9. The number of anilines is 2. The number of amides is 1. The van der Waals surface area contributed by atoms with Gasteiger partial charge in [0.1, 0.15) is 0 Å². The van der Waals surface area contributed by atoms with Crippen LogP contribution in [0.25, 0.3) is 0 Å². The van der Waals surface area contributed by atoms with E-state index in [1.807, 2.05) is 0 Å². The zero-order chi connectivity index (χ0) is 18.4. The molecule has 8 nitrogen and oxygen atoms in total. The fraction of sp³-hybridized carbons (Fsp3) is 0. The molecule has 0 atom stereocenters. The molecule has 0 aliphatic rings. The van der Waals surface area contributed by atoms with Crippen LogP contribution in [0, 0.1) is 0 Å². The number of nitrogen functional groups attached to an aromatic ring is 1. The Morgan fingerprint density at radius 3 is 2.54 bits per heavy atom. The summed E-state index contributed by atoms with van der Waals surface area (Å²) in [7, 11) is 0. The maximum Gasteiger partial charge on any atom is 0.398 e. The van der Waals surface area contributed by atoms with E-state index in [1.54, 1.807) is 48.5 Å². The summed E-state index contributed by atoms with van der Waals surface area (Å²) in [6.45, 7) is 0. The molecule has 0 saturated carbocycles. The summed E-state index contributed by atoms with van der Waals surface area (Å²) in [6, 6.07) is 16.0. The molecular weight excluding hydrogens is 336 g/mol. The molecule has 0 spiro atoms. The van der Waals surface area contributed by atoms with Crippen LogP contribution in [0.3, 0.4) is 0 Å². The Bertz CT molecular complexity index is 934. The fourth-order valence-electron chi connectivity index (χ4n) is 1.98. The molecule has 130 valence electrons. The lowest BCUT2D eigenvalue weighted by Crippen LogP contribution is -2.09. The van der Waals surface area contributed by atoms with Crippen LogP contribution in [-0.2, 0) is 4.84 Å². The first kappa shape index (κ1) is 16.9. The average molecular weight is 350 g/mol. The van der Waals surface area contributed by atoms with Crippen molar-refractivity contribution in [1.29, 1.82) is 0 Å². The Balaban J connectivity index is 1.57. The number of hydrogen-bond donors (Lipinski definition) is 2. The van der Waals surface area contributed by atoms with Crippen molar-refractivity contribution >= 4 is 28.9 Å². The summed E-state index contributed by atoms with van der Waals surface area (Å²) in [4.78, 5) is 28.4. The van der Waals surface area contributed by atoms with Gasteiger partial charge in [0.25, 0.3) is 5.91 Å². The molecule has 26 heavy (non-hydrogen) atoms. The zero-order valence-electron chi connectivity index (χ0n) is 13.5. The zero-order valence-corrected chi connectivity index (χ0v) is 13.5. The van der Waals surface area contributed by atoms with Crippen LogP contribution in [-0.4, -0.2) is 11.9 Å². The molecule has 0 aliphatic carbocycles. The van der Waals surface area contributed by atoms with Crippen molar-refractivity contribution < 1.29 is 18.8 Å². The van der Waals surface area contributed by atoms with Crippen molar-refractivity contribution in [3.8, 4) is 0 Å². The molecule has 3 aromatic rings. The van der Waals surface area contributed by atoms with Gasteiger partial charge in [-0.3, -0.25) is 4.79 Å². The van der Waals surface area contributed by atoms with Crippen LogP contribution < -0.4 is 11.2 Å². The van der Waals surface area contributed by atoms with Crippen LogP contribution in [0.5, 0.6) is 0 Å². The molecule has 3 rings (SSSR count). The second-order valence-electron chi connectivity index (χ2n) is 5.15. The van der Waals surface area contributed by atoms with Gasteiger partial charge in [0.05, 0.1) is 17.6 Å². The number of nitrogens with two attached hydrogens (primary N) is 1. The van der Waals surface area contributed by atoms with E-state index in [4.69, 9.17) is 15.0 Å². The molecule has 8 heteroatoms. The second kappa shape index (κ2) is 7.75. The lowest BCUT2D eigenvalue weighted by Gasteiger charge is -2.05. The van der Waals surface area contributed by atoms with Crippen molar-refractivity contribution in [2.75, 3.05) is 11.2 Å². The largest absolute Gasteiger partial charge is 0.457 e. The number of nitrogens with zero attached hydrogens (tertiary/aromatic N) is 2. The lowest BCUT2D eigenvalue weighted by atomic mass is 10.2. The van der Waals surface area contributed by atoms with Crippen molar-refractivity contribution in [3.05, 3.63) is 78.3 Å². The number of furan rings is 1. The highest BCUT2D eigenvalue weighted by atomic mass is 16.7. The lowest BCUT2D eigenvalue weighted by molar-refractivity contribution is 0.0560. The van der Waals surface area contributed by atoms with Gasteiger partial charge >= 0.3 is 5.97 Å². The molecule has 1 heterocycles. The van der Waals surface area contributed by atoms with E-state index in [-0.39, 0.29) is 5.76 Å². The number of azo groups is 1. The number of benzene rings is 2. The summed E-state index contributed by atoms with van der Waals surface area (Å²) in [5.41, 5.74) is 9.94. The molecule has 3 N–H and O–H groups in total. The SMILES string of the molecule is Nc1cccc(C(=O)N=Nc2ccc(NOC(=O)c3ccco3)cc2)c1. The minimum absolute atomic E-state index is 0.0861. The summed E-state index contributed by atoms with van der Waals surface area (Å²) >= 11 is 0. The van der Waals surface area contributed by atoms with Crippen LogP contribution >= 0.6 is 0 Å². The van der Waals surface area contributed by atoms with Gasteiger partial charge < -0.3 is 15.0 Å². The third kappa shape index (κ3) is 4.32. The summed E-state index contributed by atoms with van der Waals surface area (Å²) < 4.78 is 4.92. The summed E-state index contributed by atoms with van der Waals surface area (Å²) in [5.74, 6) is -1.05. The molecule has 1 aromatic heterocycles. The standard InChI is InChI=1S/C18H14N4O4/c19-13-4-1-3-12(11-13)17(23)21-20-14-6-8-15(9-7-14)22-26-18(24)16-5-2-10-25-16/h1-11,22H,19H2. The Morgan fingerprint density at radius 2 is 1.85 bits per heavy atom. The molecule has 2 aromatic carbocycles. The first-order valence-electron chi connectivity index (χ1n) is 7.54. The van der Waals surface area contributed by atoms with Crippen molar-refractivity contribution in [3.63, 3.8) is 0 Å². The van der Waals surface area contributed by atoms with E-state index in [2.05, 4.69) is 15.7 Å². The Kier molecular flexibility index (Phi) is 5.04. The quantitative estimate of drug-likeness (QED) is 0.408. The number of carbonyl (C=O) groups excluding carboxylic acids is 2. The van der Waals surface area contributed by atoms with Crippen LogP contribution in [0.15, 0.2) is 81.6 Å². The monoisotopic (exact) mass is 350 g/mol. The van der Waals surface area contributed by atoms with E-state index in [1.165, 1.54) is 18.4 Å². The molecule has 0 aliphatic heterocycles. The molecular formula is C18H14N4O4. The minimum Gasteiger partial charge on any atom is -0.457 e. The Hall–Kier alpha value is -3.94. The number of nitrogens with one attached hydrogen (secondary N) is 1. The van der Waals surface area contributed by atoms with Crippen LogP contribution in [0.1, 0.15) is 20.9 Å². The van der Waals surface area contributed by atoms with Gasteiger partial charge in [-0.15, -0.1) is 10.2 Å².